The highest BCUT2D eigenvalue weighted by molar-refractivity contribution is 9.10. The highest BCUT2D eigenvalue weighted by atomic mass is 79.9. The lowest BCUT2D eigenvalue weighted by molar-refractivity contribution is 0.145. The molecule has 0 aromatic carbocycles. The summed E-state index contributed by atoms with van der Waals surface area (Å²) < 4.78 is 27.2. The second-order valence-electron chi connectivity index (χ2n) is 3.02. The summed E-state index contributed by atoms with van der Waals surface area (Å²) in [7, 11) is 0. The third-order valence-corrected chi connectivity index (χ3v) is 2.87. The van der Waals surface area contributed by atoms with Crippen molar-refractivity contribution in [1.82, 2.24) is 9.38 Å². The predicted octanol–water partition coefficient (Wildman–Crippen LogP) is 3.34. The molecule has 0 saturated heterocycles. The van der Waals surface area contributed by atoms with Gasteiger partial charge in [0.2, 0.25) is 0 Å². The molecule has 0 aliphatic rings. The summed E-state index contributed by atoms with van der Waals surface area (Å²) in [5.74, 6) is 0. The van der Waals surface area contributed by atoms with Gasteiger partial charge in [-0.2, -0.15) is 0 Å². The van der Waals surface area contributed by atoms with Crippen LogP contribution in [0.1, 0.15) is 17.7 Å². The molecule has 0 aliphatic heterocycles. The van der Waals surface area contributed by atoms with Gasteiger partial charge in [0.05, 0.1) is 6.20 Å². The maximum absolute atomic E-state index is 12.5. The van der Waals surface area contributed by atoms with Crippen LogP contribution in [0.3, 0.4) is 0 Å². The van der Waals surface area contributed by atoms with Gasteiger partial charge in [-0.1, -0.05) is 0 Å². The monoisotopic (exact) mass is 260 g/mol. The largest absolute Gasteiger partial charge is 0.297 e. The average molecular weight is 261 g/mol. The van der Waals surface area contributed by atoms with E-state index in [9.17, 15) is 8.78 Å². The molecule has 0 saturated carbocycles. The van der Waals surface area contributed by atoms with Crippen molar-refractivity contribution in [2.75, 3.05) is 0 Å². The van der Waals surface area contributed by atoms with Gasteiger partial charge in [0.15, 0.2) is 0 Å². The molecule has 0 aliphatic carbocycles. The predicted molar refractivity (Wildman–Crippen MR) is 52.6 cm³/mol. The molecule has 0 radical (unpaired) electrons. The van der Waals surface area contributed by atoms with E-state index in [2.05, 4.69) is 20.9 Å². The van der Waals surface area contributed by atoms with Gasteiger partial charge in [-0.3, -0.25) is 4.40 Å². The number of alkyl halides is 2. The van der Waals surface area contributed by atoms with E-state index in [0.29, 0.717) is 5.65 Å². The second kappa shape index (κ2) is 3.31. The average Bonchev–Trinajstić information content (AvgIpc) is 2.48. The van der Waals surface area contributed by atoms with E-state index in [0.717, 1.165) is 10.0 Å². The Hall–Kier alpha value is -0.970. The zero-order chi connectivity index (χ0) is 10.3. The van der Waals surface area contributed by atoms with Crippen LogP contribution in [0.15, 0.2) is 22.9 Å². The second-order valence-corrected chi connectivity index (χ2v) is 3.87. The van der Waals surface area contributed by atoms with Crippen LogP contribution in [0.5, 0.6) is 0 Å². The van der Waals surface area contributed by atoms with Crippen molar-refractivity contribution >= 4 is 21.6 Å². The van der Waals surface area contributed by atoms with E-state index in [1.165, 1.54) is 10.6 Å². The highest BCUT2D eigenvalue weighted by Crippen LogP contribution is 2.23. The SMILES string of the molecule is Cc1cc2ncc(C(F)F)n2cc1Br. The molecule has 0 N–H and O–H groups in total. The molecule has 2 heterocycles. The number of halogens is 3. The lowest BCUT2D eigenvalue weighted by atomic mass is 10.3. The number of hydrogen-bond donors (Lipinski definition) is 0. The van der Waals surface area contributed by atoms with Crippen LogP contribution in [-0.4, -0.2) is 9.38 Å². The molecule has 14 heavy (non-hydrogen) atoms. The lowest BCUT2D eigenvalue weighted by Gasteiger charge is -2.02. The molecule has 2 aromatic rings. The van der Waals surface area contributed by atoms with Crippen LogP contribution >= 0.6 is 15.9 Å². The standard InChI is InChI=1S/C9H7BrF2N2/c1-5-2-8-13-3-7(9(11)12)14(8)4-6(5)10/h2-4,9H,1H3. The molecule has 2 aromatic heterocycles. The van der Waals surface area contributed by atoms with Crippen molar-refractivity contribution in [3.63, 3.8) is 0 Å². The minimum absolute atomic E-state index is 0.0827. The maximum atomic E-state index is 12.5. The fourth-order valence-corrected chi connectivity index (χ4v) is 1.59. The molecular formula is C9H7BrF2N2. The van der Waals surface area contributed by atoms with Gasteiger partial charge in [0.25, 0.3) is 6.43 Å². The molecule has 0 fully saturated rings. The Morgan fingerprint density at radius 3 is 2.86 bits per heavy atom. The van der Waals surface area contributed by atoms with E-state index in [1.807, 2.05) is 6.92 Å². The molecule has 0 amide bonds. The van der Waals surface area contributed by atoms with Gasteiger partial charge >= 0.3 is 0 Å². The fraction of sp³-hybridized carbons (Fsp3) is 0.222. The van der Waals surface area contributed by atoms with E-state index in [1.54, 1.807) is 12.3 Å². The number of nitrogens with zero attached hydrogens (tertiary/aromatic N) is 2. The Kier molecular flexibility index (Phi) is 2.26. The third kappa shape index (κ3) is 1.41. The number of pyridine rings is 1. The number of rotatable bonds is 1. The number of aromatic nitrogens is 2. The first-order valence-corrected chi connectivity index (χ1v) is 4.80. The zero-order valence-corrected chi connectivity index (χ0v) is 8.92. The van der Waals surface area contributed by atoms with Crippen LogP contribution in [0.4, 0.5) is 8.78 Å². The summed E-state index contributed by atoms with van der Waals surface area (Å²) in [6.07, 6.45) is 0.310. The van der Waals surface area contributed by atoms with E-state index in [4.69, 9.17) is 0 Å². The summed E-state index contributed by atoms with van der Waals surface area (Å²) in [6.45, 7) is 1.89. The molecule has 2 nitrogen and oxygen atoms in total. The Morgan fingerprint density at radius 2 is 2.21 bits per heavy atom. The number of imidazole rings is 1. The molecule has 74 valence electrons. The maximum Gasteiger partial charge on any atom is 0.280 e. The summed E-state index contributed by atoms with van der Waals surface area (Å²) in [5, 5.41) is 0. The molecule has 0 unspecified atom stereocenters. The van der Waals surface area contributed by atoms with Gasteiger partial charge in [-0.15, -0.1) is 0 Å². The smallest absolute Gasteiger partial charge is 0.280 e. The lowest BCUT2D eigenvalue weighted by Crippen LogP contribution is -1.93. The molecule has 0 atom stereocenters. The summed E-state index contributed by atoms with van der Waals surface area (Å²) in [5.41, 5.74) is 1.44. The van der Waals surface area contributed by atoms with Crippen molar-refractivity contribution in [2.24, 2.45) is 0 Å². The van der Waals surface area contributed by atoms with Crippen LogP contribution in [-0.2, 0) is 0 Å². The van der Waals surface area contributed by atoms with Crippen molar-refractivity contribution in [1.29, 1.82) is 0 Å². The Labute approximate surface area is 87.7 Å². The molecule has 0 spiro atoms. The molecule has 5 heteroatoms. The quantitative estimate of drug-likeness (QED) is 0.769. The summed E-state index contributed by atoms with van der Waals surface area (Å²) in [6, 6.07) is 1.76. The Balaban J connectivity index is 2.74. The van der Waals surface area contributed by atoms with Crippen molar-refractivity contribution in [3.8, 4) is 0 Å². The van der Waals surface area contributed by atoms with Crippen LogP contribution in [0.25, 0.3) is 5.65 Å². The van der Waals surface area contributed by atoms with Crippen molar-refractivity contribution < 1.29 is 8.78 Å². The van der Waals surface area contributed by atoms with E-state index < -0.39 is 6.43 Å². The molecular weight excluding hydrogens is 254 g/mol. The first-order valence-electron chi connectivity index (χ1n) is 4.01. The minimum Gasteiger partial charge on any atom is -0.297 e. The number of aryl methyl sites for hydroxylation is 1. The van der Waals surface area contributed by atoms with Gasteiger partial charge in [0.1, 0.15) is 11.3 Å². The third-order valence-electron chi connectivity index (χ3n) is 2.04. The number of fused-ring (bicyclic) bond motifs is 1. The van der Waals surface area contributed by atoms with E-state index in [-0.39, 0.29) is 5.69 Å². The van der Waals surface area contributed by atoms with Crippen molar-refractivity contribution in [2.45, 2.75) is 13.3 Å². The Bertz CT molecular complexity index is 479. The van der Waals surface area contributed by atoms with Crippen LogP contribution < -0.4 is 0 Å². The van der Waals surface area contributed by atoms with Crippen molar-refractivity contribution in [3.05, 3.63) is 34.2 Å². The van der Waals surface area contributed by atoms with Gasteiger partial charge in [0, 0.05) is 10.7 Å². The topological polar surface area (TPSA) is 17.3 Å². The fourth-order valence-electron chi connectivity index (χ4n) is 1.28. The first-order chi connectivity index (χ1) is 6.59. The molecule has 0 bridgehead atoms. The molecule has 2 rings (SSSR count). The highest BCUT2D eigenvalue weighted by Gasteiger charge is 2.13. The van der Waals surface area contributed by atoms with Gasteiger partial charge in [-0.05, 0) is 34.5 Å². The van der Waals surface area contributed by atoms with Crippen LogP contribution in [0.2, 0.25) is 0 Å². The Morgan fingerprint density at radius 1 is 1.50 bits per heavy atom. The summed E-state index contributed by atoms with van der Waals surface area (Å²) >= 11 is 3.29. The zero-order valence-electron chi connectivity index (χ0n) is 7.34. The van der Waals surface area contributed by atoms with Gasteiger partial charge < -0.3 is 0 Å². The van der Waals surface area contributed by atoms with Gasteiger partial charge in [-0.25, -0.2) is 13.8 Å². The minimum atomic E-state index is -2.50. The normalized spacial score (nSPS) is 11.5. The van der Waals surface area contributed by atoms with Crippen LogP contribution in [0, 0.1) is 6.92 Å². The summed E-state index contributed by atoms with van der Waals surface area (Å²) in [4.78, 5) is 3.90. The number of hydrogen-bond acceptors (Lipinski definition) is 1. The first kappa shape index (κ1) is 9.58. The van der Waals surface area contributed by atoms with E-state index >= 15 is 0 Å².